The van der Waals surface area contributed by atoms with Crippen LogP contribution in [-0.4, -0.2) is 42.0 Å². The first kappa shape index (κ1) is 14.4. The number of thiocarbonyl (C=S) groups is 1. The second-order valence-electron chi connectivity index (χ2n) is 4.48. The molecular weight excluding hydrogens is 284 g/mol. The maximum Gasteiger partial charge on any atom is 0.243 e. The summed E-state index contributed by atoms with van der Waals surface area (Å²) in [7, 11) is -3.55. The van der Waals surface area contributed by atoms with E-state index in [9.17, 15) is 13.5 Å². The predicted octanol–water partition coefficient (Wildman–Crippen LogP) is 0.466. The van der Waals surface area contributed by atoms with Crippen molar-refractivity contribution in [3.8, 4) is 0 Å². The lowest BCUT2D eigenvalue weighted by atomic mass is 10.2. The molecule has 19 heavy (non-hydrogen) atoms. The Morgan fingerprint density at radius 3 is 2.58 bits per heavy atom. The fourth-order valence-electron chi connectivity index (χ4n) is 2.23. The third kappa shape index (κ3) is 2.79. The number of aliphatic hydroxyl groups excluding tert-OH is 1. The molecule has 0 spiro atoms. The zero-order valence-corrected chi connectivity index (χ0v) is 12.0. The number of hydrogen-bond acceptors (Lipinski definition) is 4. The largest absolute Gasteiger partial charge is 0.395 e. The number of benzene rings is 1. The molecule has 1 saturated heterocycles. The second-order valence-corrected chi connectivity index (χ2v) is 6.81. The van der Waals surface area contributed by atoms with Crippen LogP contribution < -0.4 is 5.73 Å². The Hall–Kier alpha value is -1.02. The Balaban J connectivity index is 2.31. The highest BCUT2D eigenvalue weighted by atomic mass is 32.2. The van der Waals surface area contributed by atoms with Gasteiger partial charge in [0.15, 0.2) is 0 Å². The normalized spacial score (nSPS) is 20.6. The monoisotopic (exact) mass is 300 g/mol. The van der Waals surface area contributed by atoms with Crippen LogP contribution in [0.15, 0.2) is 29.2 Å². The highest BCUT2D eigenvalue weighted by Gasteiger charge is 2.34. The fraction of sp³-hybridized carbons (Fsp3) is 0.417. The van der Waals surface area contributed by atoms with E-state index in [-0.39, 0.29) is 22.5 Å². The molecule has 7 heteroatoms. The Bertz CT molecular complexity index is 569. The Labute approximate surface area is 118 Å². The van der Waals surface area contributed by atoms with E-state index in [1.807, 2.05) is 0 Å². The van der Waals surface area contributed by atoms with E-state index in [4.69, 9.17) is 18.0 Å². The van der Waals surface area contributed by atoms with Crippen molar-refractivity contribution in [2.45, 2.75) is 23.8 Å². The Morgan fingerprint density at radius 1 is 1.42 bits per heavy atom. The third-order valence-corrected chi connectivity index (χ3v) is 5.48. The zero-order valence-electron chi connectivity index (χ0n) is 10.3. The highest BCUT2D eigenvalue weighted by molar-refractivity contribution is 7.89. The molecule has 1 fully saturated rings. The zero-order chi connectivity index (χ0) is 14.0. The van der Waals surface area contributed by atoms with Crippen LogP contribution in [0.5, 0.6) is 0 Å². The van der Waals surface area contributed by atoms with Crippen LogP contribution in [0.1, 0.15) is 18.4 Å². The summed E-state index contributed by atoms with van der Waals surface area (Å²) in [5.41, 5.74) is 6.11. The molecule has 3 N–H and O–H groups in total. The van der Waals surface area contributed by atoms with Crippen LogP contribution in [0.3, 0.4) is 0 Å². The quantitative estimate of drug-likeness (QED) is 0.790. The van der Waals surface area contributed by atoms with Crippen molar-refractivity contribution in [1.29, 1.82) is 0 Å². The van der Waals surface area contributed by atoms with Gasteiger partial charge in [0.25, 0.3) is 0 Å². The van der Waals surface area contributed by atoms with Gasteiger partial charge in [0, 0.05) is 18.2 Å². The lowest BCUT2D eigenvalue weighted by molar-refractivity contribution is 0.213. The molecule has 1 aliphatic heterocycles. The van der Waals surface area contributed by atoms with Crippen LogP contribution in [0.25, 0.3) is 0 Å². The third-order valence-electron chi connectivity index (χ3n) is 3.28. The molecule has 1 atom stereocenters. The first-order valence-corrected chi connectivity index (χ1v) is 7.84. The molecule has 0 radical (unpaired) electrons. The first-order chi connectivity index (χ1) is 8.96. The van der Waals surface area contributed by atoms with Gasteiger partial charge >= 0.3 is 0 Å². The Morgan fingerprint density at radius 2 is 2.05 bits per heavy atom. The topological polar surface area (TPSA) is 83.6 Å². The average molecular weight is 300 g/mol. The van der Waals surface area contributed by atoms with E-state index < -0.39 is 10.0 Å². The second kappa shape index (κ2) is 5.54. The molecule has 0 amide bonds. The van der Waals surface area contributed by atoms with Gasteiger partial charge in [-0.2, -0.15) is 4.31 Å². The van der Waals surface area contributed by atoms with E-state index in [1.54, 1.807) is 12.1 Å². The predicted molar refractivity (Wildman–Crippen MR) is 76.3 cm³/mol. The first-order valence-electron chi connectivity index (χ1n) is 5.99. The van der Waals surface area contributed by atoms with E-state index >= 15 is 0 Å². The van der Waals surface area contributed by atoms with Crippen molar-refractivity contribution in [1.82, 2.24) is 4.31 Å². The van der Waals surface area contributed by atoms with Crippen molar-refractivity contribution in [3.63, 3.8) is 0 Å². The van der Waals surface area contributed by atoms with Gasteiger partial charge in [-0.1, -0.05) is 24.4 Å². The number of nitrogens with zero attached hydrogens (tertiary/aromatic N) is 1. The SMILES string of the molecule is NC(=S)c1ccc(S(=O)(=O)N2CCCC2CO)cc1. The smallest absolute Gasteiger partial charge is 0.243 e. The molecule has 2 rings (SSSR count). The summed E-state index contributed by atoms with van der Waals surface area (Å²) in [6.07, 6.45) is 1.47. The molecule has 1 unspecified atom stereocenters. The van der Waals surface area contributed by atoms with E-state index in [2.05, 4.69) is 0 Å². The molecule has 0 bridgehead atoms. The van der Waals surface area contributed by atoms with Gasteiger partial charge < -0.3 is 10.8 Å². The summed E-state index contributed by atoms with van der Waals surface area (Å²) in [5, 5.41) is 9.22. The lowest BCUT2D eigenvalue weighted by Crippen LogP contribution is -2.37. The maximum absolute atomic E-state index is 12.4. The molecule has 0 aromatic heterocycles. The van der Waals surface area contributed by atoms with Crippen molar-refractivity contribution < 1.29 is 13.5 Å². The summed E-state index contributed by atoms with van der Waals surface area (Å²) in [6.45, 7) is 0.300. The standard InChI is InChI=1S/C12H16N2O3S2/c13-12(18)9-3-5-11(6-4-9)19(16,17)14-7-1-2-10(14)8-15/h3-6,10,15H,1-2,7-8H2,(H2,13,18). The highest BCUT2D eigenvalue weighted by Crippen LogP contribution is 2.25. The lowest BCUT2D eigenvalue weighted by Gasteiger charge is -2.22. The van der Waals surface area contributed by atoms with Gasteiger partial charge in [-0.25, -0.2) is 8.42 Å². The minimum atomic E-state index is -3.55. The average Bonchev–Trinajstić information content (AvgIpc) is 2.87. The number of rotatable bonds is 4. The molecule has 1 aromatic carbocycles. The van der Waals surface area contributed by atoms with Gasteiger partial charge in [-0.3, -0.25) is 0 Å². The van der Waals surface area contributed by atoms with Crippen LogP contribution >= 0.6 is 12.2 Å². The summed E-state index contributed by atoms with van der Waals surface area (Å²) < 4.78 is 26.2. The molecule has 5 nitrogen and oxygen atoms in total. The minimum absolute atomic E-state index is 0.149. The van der Waals surface area contributed by atoms with Crippen molar-refractivity contribution in [2.24, 2.45) is 5.73 Å². The summed E-state index contributed by atoms with van der Waals surface area (Å²) in [6, 6.07) is 5.87. The van der Waals surface area contributed by atoms with E-state index in [1.165, 1.54) is 16.4 Å². The summed E-state index contributed by atoms with van der Waals surface area (Å²) >= 11 is 4.83. The fourth-order valence-corrected chi connectivity index (χ4v) is 4.06. The van der Waals surface area contributed by atoms with Gasteiger partial charge in [-0.05, 0) is 25.0 Å². The number of aliphatic hydroxyl groups is 1. The number of hydrogen-bond donors (Lipinski definition) is 2. The maximum atomic E-state index is 12.4. The van der Waals surface area contributed by atoms with Crippen LogP contribution in [-0.2, 0) is 10.0 Å². The molecule has 1 heterocycles. The van der Waals surface area contributed by atoms with Crippen LogP contribution in [0.2, 0.25) is 0 Å². The summed E-state index contributed by atoms with van der Waals surface area (Å²) in [5.74, 6) is 0. The van der Waals surface area contributed by atoms with Crippen molar-refractivity contribution >= 4 is 27.2 Å². The van der Waals surface area contributed by atoms with Gasteiger partial charge in [0.1, 0.15) is 4.99 Å². The minimum Gasteiger partial charge on any atom is -0.395 e. The Kier molecular flexibility index (Phi) is 4.19. The molecule has 0 aliphatic carbocycles. The molecule has 1 aliphatic rings. The summed E-state index contributed by atoms with van der Waals surface area (Å²) in [4.78, 5) is 0.436. The molecular formula is C12H16N2O3S2. The van der Waals surface area contributed by atoms with Gasteiger partial charge in [0.05, 0.1) is 11.5 Å². The molecule has 104 valence electrons. The van der Waals surface area contributed by atoms with Gasteiger partial charge in [0.2, 0.25) is 10.0 Å². The van der Waals surface area contributed by atoms with E-state index in [0.717, 1.165) is 6.42 Å². The number of sulfonamides is 1. The van der Waals surface area contributed by atoms with E-state index in [0.29, 0.717) is 18.5 Å². The van der Waals surface area contributed by atoms with Crippen molar-refractivity contribution in [3.05, 3.63) is 29.8 Å². The molecule has 1 aromatic rings. The number of nitrogens with two attached hydrogens (primary N) is 1. The molecule has 0 saturated carbocycles. The van der Waals surface area contributed by atoms with Crippen LogP contribution in [0, 0.1) is 0 Å². The van der Waals surface area contributed by atoms with Crippen molar-refractivity contribution in [2.75, 3.05) is 13.2 Å². The van der Waals surface area contributed by atoms with Crippen LogP contribution in [0.4, 0.5) is 0 Å². The van der Waals surface area contributed by atoms with Gasteiger partial charge in [-0.15, -0.1) is 0 Å².